The smallest absolute Gasteiger partial charge is 0.416 e. The van der Waals surface area contributed by atoms with Gasteiger partial charge in [-0.15, -0.1) is 0 Å². The number of H-pyrrole nitrogens is 2. The lowest BCUT2D eigenvalue weighted by Gasteiger charge is -2.20. The lowest BCUT2D eigenvalue weighted by molar-refractivity contribution is -0.137. The molecule has 4 N–H and O–H groups in total. The summed E-state index contributed by atoms with van der Waals surface area (Å²) >= 11 is 0. The molecule has 3 aromatic rings. The van der Waals surface area contributed by atoms with Gasteiger partial charge in [-0.2, -0.15) is 13.2 Å². The Kier molecular flexibility index (Phi) is 6.44. The molecule has 9 heteroatoms. The van der Waals surface area contributed by atoms with Gasteiger partial charge in [0.15, 0.2) is 0 Å². The summed E-state index contributed by atoms with van der Waals surface area (Å²) < 4.78 is 39.5. The minimum atomic E-state index is -4.50. The van der Waals surface area contributed by atoms with Crippen LogP contribution in [0.25, 0.3) is 0 Å². The molecule has 2 heterocycles. The third-order valence-corrected chi connectivity index (χ3v) is 6.11. The van der Waals surface area contributed by atoms with Crippen molar-refractivity contribution in [1.82, 2.24) is 9.97 Å². The zero-order valence-electron chi connectivity index (χ0n) is 18.6. The molecule has 6 nitrogen and oxygen atoms in total. The van der Waals surface area contributed by atoms with Crippen molar-refractivity contribution in [2.24, 2.45) is 0 Å². The zero-order valence-corrected chi connectivity index (χ0v) is 18.6. The first-order chi connectivity index (χ1) is 15.4. The number of carbonyl (C=O) groups is 2. The number of hydrogen-bond acceptors (Lipinski definition) is 2. The third kappa shape index (κ3) is 4.27. The lowest BCUT2D eigenvalue weighted by Crippen LogP contribution is -2.11. The van der Waals surface area contributed by atoms with Gasteiger partial charge in [0, 0.05) is 11.4 Å². The zero-order chi connectivity index (χ0) is 24.7. The van der Waals surface area contributed by atoms with Gasteiger partial charge in [0.2, 0.25) is 0 Å². The lowest BCUT2D eigenvalue weighted by atomic mass is 9.86. The second kappa shape index (κ2) is 8.80. The van der Waals surface area contributed by atoms with E-state index < -0.39 is 29.6 Å². The number of carboxylic acid groups (broad SMARTS) is 2. The summed E-state index contributed by atoms with van der Waals surface area (Å²) in [5.74, 6) is -3.01. The molecule has 0 bridgehead atoms. The fourth-order valence-corrected chi connectivity index (χ4v) is 4.49. The van der Waals surface area contributed by atoms with Crippen molar-refractivity contribution in [2.45, 2.75) is 52.6 Å². The molecule has 0 radical (unpaired) electrons. The largest absolute Gasteiger partial charge is 0.477 e. The maximum absolute atomic E-state index is 13.2. The van der Waals surface area contributed by atoms with E-state index in [1.54, 1.807) is 13.8 Å². The van der Waals surface area contributed by atoms with E-state index in [4.69, 9.17) is 0 Å². The molecule has 0 saturated carbocycles. The molecule has 2 aromatic heterocycles. The summed E-state index contributed by atoms with van der Waals surface area (Å²) in [6.07, 6.45) is -3.54. The van der Waals surface area contributed by atoms with E-state index in [-0.39, 0.29) is 11.4 Å². The summed E-state index contributed by atoms with van der Waals surface area (Å²) in [7, 11) is 0. The van der Waals surface area contributed by atoms with Crippen LogP contribution >= 0.6 is 0 Å². The Hall–Kier alpha value is -3.49. The van der Waals surface area contributed by atoms with Gasteiger partial charge < -0.3 is 20.2 Å². The number of hydrogen-bond donors (Lipinski definition) is 4. The highest BCUT2D eigenvalue weighted by atomic mass is 19.4. The van der Waals surface area contributed by atoms with Crippen LogP contribution in [0, 0.1) is 13.8 Å². The van der Waals surface area contributed by atoms with Crippen LogP contribution in [0.15, 0.2) is 24.3 Å². The number of aromatic amines is 2. The number of nitrogens with one attached hydrogen (secondary N) is 2. The molecule has 0 unspecified atom stereocenters. The van der Waals surface area contributed by atoms with Crippen molar-refractivity contribution in [1.29, 1.82) is 0 Å². The third-order valence-electron chi connectivity index (χ3n) is 6.11. The monoisotopic (exact) mass is 462 g/mol. The molecule has 0 spiro atoms. The van der Waals surface area contributed by atoms with Gasteiger partial charge in [0.1, 0.15) is 11.4 Å². The van der Waals surface area contributed by atoms with Crippen LogP contribution in [0.5, 0.6) is 0 Å². The normalized spacial score (nSPS) is 11.9. The number of benzene rings is 1. The number of halogens is 3. The van der Waals surface area contributed by atoms with Crippen LogP contribution in [-0.2, 0) is 19.0 Å². The van der Waals surface area contributed by atoms with E-state index in [2.05, 4.69) is 9.97 Å². The fraction of sp³-hybridized carbons (Fsp3) is 0.333. The summed E-state index contributed by atoms with van der Waals surface area (Å²) in [6, 6.07) is 4.64. The first kappa shape index (κ1) is 24.2. The minimum Gasteiger partial charge on any atom is -0.477 e. The Balaban J connectivity index is 2.35. The van der Waals surface area contributed by atoms with Crippen molar-refractivity contribution in [3.8, 4) is 0 Å². The molecule has 0 aliphatic heterocycles. The highest BCUT2D eigenvalue weighted by Gasteiger charge is 2.33. The molecule has 33 heavy (non-hydrogen) atoms. The van der Waals surface area contributed by atoms with Crippen molar-refractivity contribution >= 4 is 11.9 Å². The minimum absolute atomic E-state index is 0.00135. The summed E-state index contributed by atoms with van der Waals surface area (Å²) in [5.41, 5.74) is 3.22. The second-order valence-corrected chi connectivity index (χ2v) is 7.90. The highest BCUT2D eigenvalue weighted by molar-refractivity contribution is 5.89. The molecular formula is C24H25F3N2O4. The average Bonchev–Trinajstić information content (AvgIpc) is 3.24. The number of alkyl halides is 3. The summed E-state index contributed by atoms with van der Waals surface area (Å²) in [5, 5.41) is 19.3. The quantitative estimate of drug-likeness (QED) is 0.362. The first-order valence-electron chi connectivity index (χ1n) is 10.5. The van der Waals surface area contributed by atoms with Gasteiger partial charge in [0.25, 0.3) is 0 Å². The molecular weight excluding hydrogens is 437 g/mol. The molecule has 0 atom stereocenters. The second-order valence-electron chi connectivity index (χ2n) is 7.90. The first-order valence-corrected chi connectivity index (χ1v) is 10.5. The van der Waals surface area contributed by atoms with Gasteiger partial charge in [-0.1, -0.05) is 26.0 Å². The van der Waals surface area contributed by atoms with Crippen molar-refractivity contribution < 1.29 is 33.0 Å². The van der Waals surface area contributed by atoms with Gasteiger partial charge in [-0.3, -0.25) is 0 Å². The molecule has 176 valence electrons. The summed E-state index contributed by atoms with van der Waals surface area (Å²) in [6.45, 7) is 7.07. The van der Waals surface area contributed by atoms with Crippen molar-refractivity contribution in [3.05, 3.63) is 80.4 Å². The highest BCUT2D eigenvalue weighted by Crippen LogP contribution is 2.40. The Bertz CT molecular complexity index is 1140. The van der Waals surface area contributed by atoms with Gasteiger partial charge in [-0.25, -0.2) is 9.59 Å². The van der Waals surface area contributed by atoms with Crippen molar-refractivity contribution in [3.63, 3.8) is 0 Å². The van der Waals surface area contributed by atoms with E-state index in [0.717, 1.165) is 23.3 Å². The number of carboxylic acids is 2. The van der Waals surface area contributed by atoms with Crippen LogP contribution in [-0.4, -0.2) is 32.1 Å². The maximum Gasteiger partial charge on any atom is 0.416 e. The molecule has 0 aliphatic rings. The van der Waals surface area contributed by atoms with E-state index >= 15 is 0 Å². The Labute approximate surface area is 188 Å². The summed E-state index contributed by atoms with van der Waals surface area (Å²) in [4.78, 5) is 29.5. The predicted molar refractivity (Wildman–Crippen MR) is 116 cm³/mol. The Morgan fingerprint density at radius 1 is 0.848 bits per heavy atom. The van der Waals surface area contributed by atoms with E-state index in [0.29, 0.717) is 40.9 Å². The maximum atomic E-state index is 13.2. The fourth-order valence-electron chi connectivity index (χ4n) is 4.49. The van der Waals surface area contributed by atoms with Crippen LogP contribution in [0.3, 0.4) is 0 Å². The van der Waals surface area contributed by atoms with Gasteiger partial charge in [-0.05, 0) is 66.6 Å². The molecule has 3 rings (SSSR count). The standard InChI is InChI=1S/C24H25F3N2O4/c1-5-15-11(3)18(22(30)31)28-20(15)17(13-7-9-14(10-8-13)24(25,26)27)21-16(6-2)12(4)19(29-21)23(32)33/h7-10,17,28-29H,5-6H2,1-4H3,(H,30,31)(H,32,33). The Morgan fingerprint density at radius 2 is 1.24 bits per heavy atom. The molecule has 0 saturated heterocycles. The van der Waals surface area contributed by atoms with Gasteiger partial charge in [0.05, 0.1) is 11.5 Å². The number of rotatable bonds is 7. The molecule has 1 aromatic carbocycles. The number of aromatic nitrogens is 2. The van der Waals surface area contributed by atoms with Crippen LogP contribution in [0.4, 0.5) is 13.2 Å². The van der Waals surface area contributed by atoms with Crippen LogP contribution in [0.2, 0.25) is 0 Å². The van der Waals surface area contributed by atoms with Crippen molar-refractivity contribution in [2.75, 3.05) is 0 Å². The molecule has 0 amide bonds. The average molecular weight is 462 g/mol. The topological polar surface area (TPSA) is 106 Å². The molecule has 0 aliphatic carbocycles. The van der Waals surface area contributed by atoms with Crippen LogP contribution < -0.4 is 0 Å². The molecule has 0 fully saturated rings. The van der Waals surface area contributed by atoms with E-state index in [9.17, 15) is 33.0 Å². The van der Waals surface area contributed by atoms with Crippen LogP contribution in [0.1, 0.15) is 85.5 Å². The SMILES string of the molecule is CCc1c(C(c2ccc(C(F)(F)F)cc2)c2[nH]c(C(=O)O)c(C)c2CC)[nH]c(C(=O)O)c1C. The van der Waals surface area contributed by atoms with Gasteiger partial charge >= 0.3 is 18.1 Å². The number of aromatic carboxylic acids is 2. The Morgan fingerprint density at radius 3 is 1.55 bits per heavy atom. The van der Waals surface area contributed by atoms with E-state index in [1.165, 1.54) is 12.1 Å². The predicted octanol–water partition coefficient (Wildman–Crippen LogP) is 5.68. The van der Waals surface area contributed by atoms with E-state index in [1.807, 2.05) is 13.8 Å².